The minimum absolute atomic E-state index is 0.0357. The number of ether oxygens (including phenoxy) is 1. The summed E-state index contributed by atoms with van der Waals surface area (Å²) in [5, 5.41) is 3.15. The summed E-state index contributed by atoms with van der Waals surface area (Å²) in [7, 11) is -1.73. The zero-order valence-corrected chi connectivity index (χ0v) is 14.6. The molecule has 6 nitrogen and oxygen atoms in total. The highest BCUT2D eigenvalue weighted by Crippen LogP contribution is 2.12. The van der Waals surface area contributed by atoms with Crippen LogP contribution in [0.15, 0.2) is 48.7 Å². The molecule has 0 amide bonds. The summed E-state index contributed by atoms with van der Waals surface area (Å²) in [6, 6.07) is 13.0. The van der Waals surface area contributed by atoms with Crippen LogP contribution in [0.1, 0.15) is 12.0 Å². The third-order valence-corrected chi connectivity index (χ3v) is 4.66. The molecule has 0 fully saturated rings. The Labute approximate surface area is 143 Å². The molecule has 24 heavy (non-hydrogen) atoms. The van der Waals surface area contributed by atoms with Crippen LogP contribution in [0.2, 0.25) is 0 Å². The first-order chi connectivity index (χ1) is 11.6. The van der Waals surface area contributed by atoms with E-state index in [0.29, 0.717) is 24.5 Å². The molecule has 0 aliphatic heterocycles. The quantitative estimate of drug-likeness (QED) is 0.644. The number of aryl methyl sites for hydroxylation is 1. The summed E-state index contributed by atoms with van der Waals surface area (Å²) in [6.07, 6.45) is 2.87. The van der Waals surface area contributed by atoms with Crippen molar-refractivity contribution < 1.29 is 13.2 Å². The molecule has 2 N–H and O–H groups in total. The fourth-order valence-corrected chi connectivity index (χ4v) is 3.21. The van der Waals surface area contributed by atoms with E-state index < -0.39 is 10.0 Å². The van der Waals surface area contributed by atoms with Gasteiger partial charge in [0.2, 0.25) is 10.0 Å². The third-order valence-electron chi connectivity index (χ3n) is 3.37. The first kappa shape index (κ1) is 18.2. The molecular formula is C17H23N3O3S. The number of hydrogen-bond donors (Lipinski definition) is 2. The lowest BCUT2D eigenvalue weighted by Gasteiger charge is -2.09. The van der Waals surface area contributed by atoms with Gasteiger partial charge in [0.15, 0.2) is 0 Å². The monoisotopic (exact) mass is 349 g/mol. The summed E-state index contributed by atoms with van der Waals surface area (Å²) in [6.45, 7) is 1.44. The van der Waals surface area contributed by atoms with E-state index in [2.05, 4.69) is 15.0 Å². The van der Waals surface area contributed by atoms with Gasteiger partial charge in [0.05, 0.1) is 17.6 Å². The lowest BCUT2D eigenvalue weighted by Crippen LogP contribution is -2.18. The van der Waals surface area contributed by atoms with Crippen LogP contribution in [0.5, 0.6) is 0 Å². The first-order valence-corrected chi connectivity index (χ1v) is 9.47. The number of aromatic nitrogens is 1. The van der Waals surface area contributed by atoms with E-state index in [-0.39, 0.29) is 5.75 Å². The normalized spacial score (nSPS) is 11.2. The van der Waals surface area contributed by atoms with Gasteiger partial charge in [-0.15, -0.1) is 0 Å². The first-order valence-electron chi connectivity index (χ1n) is 7.82. The molecule has 0 aliphatic rings. The van der Waals surface area contributed by atoms with Gasteiger partial charge >= 0.3 is 0 Å². The van der Waals surface area contributed by atoms with Crippen molar-refractivity contribution in [1.82, 2.24) is 4.98 Å². The predicted molar refractivity (Wildman–Crippen MR) is 96.8 cm³/mol. The van der Waals surface area contributed by atoms with Gasteiger partial charge in [-0.3, -0.25) is 4.72 Å². The average molecular weight is 349 g/mol. The van der Waals surface area contributed by atoms with Crippen molar-refractivity contribution >= 4 is 21.5 Å². The second kappa shape index (κ2) is 9.24. The van der Waals surface area contributed by atoms with Crippen LogP contribution >= 0.6 is 0 Å². The maximum Gasteiger partial charge on any atom is 0.233 e. The third kappa shape index (κ3) is 6.55. The molecule has 130 valence electrons. The second-order valence-corrected chi connectivity index (χ2v) is 7.20. The minimum atomic E-state index is -3.40. The topological polar surface area (TPSA) is 80.3 Å². The molecule has 0 spiro atoms. The Balaban J connectivity index is 1.83. The maximum absolute atomic E-state index is 12.1. The molecule has 0 radical (unpaired) electrons. The predicted octanol–water partition coefficient (Wildman–Crippen LogP) is 2.51. The zero-order valence-electron chi connectivity index (χ0n) is 13.7. The van der Waals surface area contributed by atoms with Crippen LogP contribution in [-0.4, -0.2) is 39.4 Å². The average Bonchev–Trinajstić information content (AvgIpc) is 2.59. The highest BCUT2D eigenvalue weighted by molar-refractivity contribution is 7.92. The molecule has 0 saturated heterocycles. The van der Waals surface area contributed by atoms with Crippen LogP contribution in [0, 0.1) is 0 Å². The van der Waals surface area contributed by atoms with Crippen molar-refractivity contribution in [2.75, 3.05) is 36.1 Å². The van der Waals surface area contributed by atoms with Crippen molar-refractivity contribution in [1.29, 1.82) is 0 Å². The Kier molecular flexibility index (Phi) is 7.02. The molecule has 2 rings (SSSR count). The van der Waals surface area contributed by atoms with Crippen molar-refractivity contribution in [3.05, 3.63) is 54.2 Å². The van der Waals surface area contributed by atoms with Crippen LogP contribution in [0.25, 0.3) is 0 Å². The maximum atomic E-state index is 12.1. The molecule has 1 aromatic heterocycles. The highest BCUT2D eigenvalue weighted by Gasteiger charge is 2.11. The van der Waals surface area contributed by atoms with Crippen molar-refractivity contribution in [2.45, 2.75) is 12.8 Å². The zero-order chi connectivity index (χ0) is 17.3. The Morgan fingerprint density at radius 1 is 1.12 bits per heavy atom. The van der Waals surface area contributed by atoms with Crippen LogP contribution in [0.4, 0.5) is 11.5 Å². The lowest BCUT2D eigenvalue weighted by molar-refractivity contribution is 0.198. The fourth-order valence-electron chi connectivity index (χ4n) is 2.12. The molecular weight excluding hydrogens is 326 g/mol. The van der Waals surface area contributed by atoms with E-state index in [9.17, 15) is 8.42 Å². The standard InChI is InChI=1S/C17H23N3O3S/c1-23-12-5-11-18-17-9-8-16(14-19-17)20-24(21,22)13-10-15-6-3-2-4-7-15/h2-4,6-9,14,20H,5,10-13H2,1H3,(H,18,19). The van der Waals surface area contributed by atoms with Gasteiger partial charge in [-0.05, 0) is 30.5 Å². The molecule has 2 aromatic rings. The highest BCUT2D eigenvalue weighted by atomic mass is 32.2. The number of nitrogens with zero attached hydrogens (tertiary/aromatic N) is 1. The van der Waals surface area contributed by atoms with Gasteiger partial charge in [-0.25, -0.2) is 13.4 Å². The summed E-state index contributed by atoms with van der Waals surface area (Å²) in [5.41, 5.74) is 1.46. The number of benzene rings is 1. The molecule has 0 unspecified atom stereocenters. The Morgan fingerprint density at radius 3 is 2.58 bits per heavy atom. The summed E-state index contributed by atoms with van der Waals surface area (Å²) in [4.78, 5) is 4.20. The number of nitrogens with one attached hydrogen (secondary N) is 2. The number of rotatable bonds is 10. The molecule has 7 heteroatoms. The smallest absolute Gasteiger partial charge is 0.233 e. The summed E-state index contributed by atoms with van der Waals surface area (Å²) >= 11 is 0. The Bertz CT molecular complexity index is 704. The molecule has 1 heterocycles. The summed E-state index contributed by atoms with van der Waals surface area (Å²) in [5.74, 6) is 0.743. The van der Waals surface area contributed by atoms with Gasteiger partial charge < -0.3 is 10.1 Å². The second-order valence-electron chi connectivity index (χ2n) is 5.36. The molecule has 1 aromatic carbocycles. The Morgan fingerprint density at radius 2 is 1.92 bits per heavy atom. The number of anilines is 2. The van der Waals surface area contributed by atoms with Gasteiger partial charge in [-0.2, -0.15) is 0 Å². The number of methoxy groups -OCH3 is 1. The van der Waals surface area contributed by atoms with Gasteiger partial charge in [0.1, 0.15) is 5.82 Å². The lowest BCUT2D eigenvalue weighted by atomic mass is 10.2. The summed E-state index contributed by atoms with van der Waals surface area (Å²) < 4.78 is 31.8. The van der Waals surface area contributed by atoms with Crippen LogP contribution in [0.3, 0.4) is 0 Å². The van der Waals surface area contributed by atoms with E-state index in [1.54, 1.807) is 19.2 Å². The van der Waals surface area contributed by atoms with Crippen LogP contribution < -0.4 is 10.0 Å². The SMILES string of the molecule is COCCCNc1ccc(NS(=O)(=O)CCc2ccccc2)cn1. The molecule has 0 atom stereocenters. The number of pyridine rings is 1. The molecule has 0 aliphatic carbocycles. The van der Waals surface area contributed by atoms with Crippen molar-refractivity contribution in [3.63, 3.8) is 0 Å². The van der Waals surface area contributed by atoms with Gasteiger partial charge in [0, 0.05) is 20.3 Å². The largest absolute Gasteiger partial charge is 0.385 e. The van der Waals surface area contributed by atoms with E-state index >= 15 is 0 Å². The van der Waals surface area contributed by atoms with Gasteiger partial charge in [-0.1, -0.05) is 30.3 Å². The molecule has 0 saturated carbocycles. The Hall–Kier alpha value is -2.12. The van der Waals surface area contributed by atoms with E-state index in [4.69, 9.17) is 4.74 Å². The fraction of sp³-hybridized carbons (Fsp3) is 0.353. The molecule has 0 bridgehead atoms. The minimum Gasteiger partial charge on any atom is -0.385 e. The van der Waals surface area contributed by atoms with Gasteiger partial charge in [0.25, 0.3) is 0 Å². The van der Waals surface area contributed by atoms with E-state index in [1.165, 1.54) is 6.20 Å². The van der Waals surface area contributed by atoms with Crippen LogP contribution in [-0.2, 0) is 21.2 Å². The van der Waals surface area contributed by atoms with E-state index in [0.717, 1.165) is 18.5 Å². The van der Waals surface area contributed by atoms with Crippen molar-refractivity contribution in [2.24, 2.45) is 0 Å². The van der Waals surface area contributed by atoms with E-state index in [1.807, 2.05) is 30.3 Å². The van der Waals surface area contributed by atoms with Crippen molar-refractivity contribution in [3.8, 4) is 0 Å². The number of hydrogen-bond acceptors (Lipinski definition) is 5. The number of sulfonamides is 1.